The Balaban J connectivity index is 2.18. The van der Waals surface area contributed by atoms with Crippen molar-refractivity contribution in [2.75, 3.05) is 13.2 Å². The molecule has 0 aliphatic carbocycles. The Morgan fingerprint density at radius 3 is 2.52 bits per heavy atom. The van der Waals surface area contributed by atoms with Gasteiger partial charge in [-0.15, -0.1) is 6.58 Å². The molecular weight excluding hydrogens is 286 g/mol. The predicted octanol–water partition coefficient (Wildman–Crippen LogP) is 3.89. The minimum Gasteiger partial charge on any atom is -0.490 e. The summed E-state index contributed by atoms with van der Waals surface area (Å²) in [6.07, 6.45) is 3.46. The molecule has 2 N–H and O–H groups in total. The van der Waals surface area contributed by atoms with E-state index in [9.17, 15) is 0 Å². The smallest absolute Gasteiger partial charge is 0.164 e. The predicted molar refractivity (Wildman–Crippen MR) is 95.0 cm³/mol. The second-order valence-electron chi connectivity index (χ2n) is 5.30. The summed E-state index contributed by atoms with van der Waals surface area (Å²) in [6.45, 7) is 7.48. The maximum Gasteiger partial charge on any atom is 0.164 e. The molecule has 0 radical (unpaired) electrons. The van der Waals surface area contributed by atoms with Crippen molar-refractivity contribution in [3.05, 3.63) is 71.8 Å². The molecule has 122 valence electrons. The van der Waals surface area contributed by atoms with Gasteiger partial charge in [0, 0.05) is 18.5 Å². The third-order valence-electron chi connectivity index (χ3n) is 3.57. The van der Waals surface area contributed by atoms with Crippen molar-refractivity contribution in [3.8, 4) is 11.5 Å². The summed E-state index contributed by atoms with van der Waals surface area (Å²) in [6, 6.07) is 14.4. The van der Waals surface area contributed by atoms with Crippen molar-refractivity contribution < 1.29 is 9.47 Å². The van der Waals surface area contributed by atoms with Crippen molar-refractivity contribution in [2.45, 2.75) is 26.3 Å². The van der Waals surface area contributed by atoms with Crippen LogP contribution in [0.15, 0.2) is 55.1 Å². The first-order valence-corrected chi connectivity index (χ1v) is 8.04. The molecule has 3 heteroatoms. The molecule has 0 bridgehead atoms. The summed E-state index contributed by atoms with van der Waals surface area (Å²) in [7, 11) is 0. The molecule has 0 saturated heterocycles. The highest BCUT2D eigenvalue weighted by Gasteiger charge is 2.13. The molecule has 0 atom stereocenters. The molecule has 0 heterocycles. The second-order valence-corrected chi connectivity index (χ2v) is 5.30. The van der Waals surface area contributed by atoms with Gasteiger partial charge in [0.05, 0.1) is 13.2 Å². The standard InChI is InChI=1S/C20H25NO2/c1-3-8-18-13-17(15-21)14-19(22-4-2)20(18)23-12-11-16-9-6-5-7-10-16/h3,5-7,9-10,13-14H,1,4,8,11-12,15,21H2,2H3. The number of hydrogen-bond donors (Lipinski definition) is 1. The fourth-order valence-electron chi connectivity index (χ4n) is 2.49. The highest BCUT2D eigenvalue weighted by molar-refractivity contribution is 5.50. The first kappa shape index (κ1) is 17.1. The Morgan fingerprint density at radius 1 is 1.09 bits per heavy atom. The number of ether oxygens (including phenoxy) is 2. The fourth-order valence-corrected chi connectivity index (χ4v) is 2.49. The quantitative estimate of drug-likeness (QED) is 0.714. The Morgan fingerprint density at radius 2 is 1.87 bits per heavy atom. The van der Waals surface area contributed by atoms with E-state index >= 15 is 0 Å². The Hall–Kier alpha value is -2.26. The molecule has 0 amide bonds. The van der Waals surface area contributed by atoms with Crippen molar-refractivity contribution in [1.29, 1.82) is 0 Å². The number of benzene rings is 2. The summed E-state index contributed by atoms with van der Waals surface area (Å²) in [5.74, 6) is 1.57. The largest absolute Gasteiger partial charge is 0.490 e. The van der Waals surface area contributed by atoms with Gasteiger partial charge in [0.2, 0.25) is 0 Å². The van der Waals surface area contributed by atoms with Crippen LogP contribution in [-0.4, -0.2) is 13.2 Å². The molecule has 0 fully saturated rings. The van der Waals surface area contributed by atoms with Gasteiger partial charge >= 0.3 is 0 Å². The van der Waals surface area contributed by atoms with Crippen molar-refractivity contribution in [3.63, 3.8) is 0 Å². The van der Waals surface area contributed by atoms with Gasteiger partial charge in [0.1, 0.15) is 0 Å². The molecule has 0 unspecified atom stereocenters. The molecule has 2 rings (SSSR count). The van der Waals surface area contributed by atoms with Gasteiger partial charge in [-0.3, -0.25) is 0 Å². The number of rotatable bonds is 9. The van der Waals surface area contributed by atoms with Crippen LogP contribution in [0, 0.1) is 0 Å². The van der Waals surface area contributed by atoms with Gasteiger partial charge in [-0.25, -0.2) is 0 Å². The molecule has 23 heavy (non-hydrogen) atoms. The van der Waals surface area contributed by atoms with Gasteiger partial charge in [-0.2, -0.15) is 0 Å². The van der Waals surface area contributed by atoms with Crippen LogP contribution >= 0.6 is 0 Å². The third-order valence-corrected chi connectivity index (χ3v) is 3.57. The van der Waals surface area contributed by atoms with E-state index in [1.54, 1.807) is 0 Å². The molecular formula is C20H25NO2. The zero-order chi connectivity index (χ0) is 16.5. The number of hydrogen-bond acceptors (Lipinski definition) is 3. The van der Waals surface area contributed by atoms with Crippen LogP contribution in [0.5, 0.6) is 11.5 Å². The highest BCUT2D eigenvalue weighted by atomic mass is 16.5. The van der Waals surface area contributed by atoms with Gasteiger partial charge in [-0.1, -0.05) is 42.5 Å². The van der Waals surface area contributed by atoms with Gasteiger partial charge in [0.15, 0.2) is 11.5 Å². The average Bonchev–Trinajstić information content (AvgIpc) is 2.58. The minimum absolute atomic E-state index is 0.481. The number of nitrogens with two attached hydrogens (primary N) is 1. The van der Waals surface area contributed by atoms with E-state index in [2.05, 4.69) is 24.8 Å². The maximum atomic E-state index is 6.06. The van der Waals surface area contributed by atoms with E-state index in [0.29, 0.717) is 19.8 Å². The van der Waals surface area contributed by atoms with Crippen LogP contribution in [0.3, 0.4) is 0 Å². The highest BCUT2D eigenvalue weighted by Crippen LogP contribution is 2.34. The minimum atomic E-state index is 0.481. The molecule has 0 saturated carbocycles. The monoisotopic (exact) mass is 311 g/mol. The number of allylic oxidation sites excluding steroid dienone is 1. The molecule has 0 spiro atoms. The SMILES string of the molecule is C=CCc1cc(CN)cc(OCC)c1OCCc1ccccc1. The van der Waals surface area contributed by atoms with Crippen LogP contribution in [0.25, 0.3) is 0 Å². The summed E-state index contributed by atoms with van der Waals surface area (Å²) < 4.78 is 11.8. The normalized spacial score (nSPS) is 10.3. The Labute approximate surface area is 138 Å². The van der Waals surface area contributed by atoms with Crippen LogP contribution in [-0.2, 0) is 19.4 Å². The second kappa shape index (κ2) is 9.01. The molecule has 0 aromatic heterocycles. The molecule has 0 aliphatic rings. The van der Waals surface area contributed by atoms with Crippen LogP contribution < -0.4 is 15.2 Å². The molecule has 2 aromatic rings. The Kier molecular flexibility index (Phi) is 6.70. The van der Waals surface area contributed by atoms with E-state index in [4.69, 9.17) is 15.2 Å². The first-order valence-electron chi connectivity index (χ1n) is 8.04. The van der Waals surface area contributed by atoms with Crippen molar-refractivity contribution in [1.82, 2.24) is 0 Å². The fraction of sp³-hybridized carbons (Fsp3) is 0.300. The van der Waals surface area contributed by atoms with E-state index < -0.39 is 0 Å². The van der Waals surface area contributed by atoms with E-state index in [-0.39, 0.29) is 0 Å². The maximum absolute atomic E-state index is 6.06. The van der Waals surface area contributed by atoms with E-state index in [1.165, 1.54) is 5.56 Å². The summed E-state index contributed by atoms with van der Waals surface area (Å²) >= 11 is 0. The van der Waals surface area contributed by atoms with E-state index in [1.807, 2.05) is 37.3 Å². The summed E-state index contributed by atoms with van der Waals surface area (Å²) in [5.41, 5.74) is 9.15. The van der Waals surface area contributed by atoms with E-state index in [0.717, 1.165) is 35.5 Å². The van der Waals surface area contributed by atoms with Crippen LogP contribution in [0.1, 0.15) is 23.6 Å². The third kappa shape index (κ3) is 4.86. The zero-order valence-corrected chi connectivity index (χ0v) is 13.8. The molecule has 2 aromatic carbocycles. The lowest BCUT2D eigenvalue weighted by Gasteiger charge is -2.17. The van der Waals surface area contributed by atoms with Crippen LogP contribution in [0.2, 0.25) is 0 Å². The zero-order valence-electron chi connectivity index (χ0n) is 13.8. The lowest BCUT2D eigenvalue weighted by molar-refractivity contribution is 0.277. The van der Waals surface area contributed by atoms with Crippen molar-refractivity contribution in [2.24, 2.45) is 5.73 Å². The van der Waals surface area contributed by atoms with Gasteiger partial charge < -0.3 is 15.2 Å². The summed E-state index contributed by atoms with van der Waals surface area (Å²) in [4.78, 5) is 0. The molecule has 3 nitrogen and oxygen atoms in total. The van der Waals surface area contributed by atoms with Gasteiger partial charge in [0.25, 0.3) is 0 Å². The average molecular weight is 311 g/mol. The lowest BCUT2D eigenvalue weighted by atomic mass is 10.1. The summed E-state index contributed by atoms with van der Waals surface area (Å²) in [5, 5.41) is 0. The molecule has 0 aliphatic heterocycles. The topological polar surface area (TPSA) is 44.5 Å². The Bertz CT molecular complexity index is 623. The van der Waals surface area contributed by atoms with Gasteiger partial charge in [-0.05, 0) is 30.5 Å². The van der Waals surface area contributed by atoms with Crippen molar-refractivity contribution >= 4 is 0 Å². The van der Waals surface area contributed by atoms with Crippen LogP contribution in [0.4, 0.5) is 0 Å². The lowest BCUT2D eigenvalue weighted by Crippen LogP contribution is -2.07. The first-order chi connectivity index (χ1) is 11.3.